The summed E-state index contributed by atoms with van der Waals surface area (Å²) < 4.78 is 1.59. The Morgan fingerprint density at radius 1 is 1.21 bits per heavy atom. The third-order valence-electron chi connectivity index (χ3n) is 5.91. The van der Waals surface area contributed by atoms with Crippen LogP contribution in [0.25, 0.3) is 11.0 Å². The van der Waals surface area contributed by atoms with Crippen LogP contribution in [0.2, 0.25) is 0 Å². The summed E-state index contributed by atoms with van der Waals surface area (Å²) in [4.78, 5) is 22.0. The van der Waals surface area contributed by atoms with Crippen LogP contribution in [-0.4, -0.2) is 31.8 Å². The minimum absolute atomic E-state index is 0.0434. The third-order valence-corrected chi connectivity index (χ3v) is 5.91. The Hall–Kier alpha value is -2.73. The molecule has 0 spiro atoms. The van der Waals surface area contributed by atoms with E-state index in [0.717, 1.165) is 42.2 Å². The number of hydrogen-bond acceptors (Lipinski definition) is 5. The van der Waals surface area contributed by atoms with Gasteiger partial charge in [-0.05, 0) is 37.0 Å². The Kier molecular flexibility index (Phi) is 4.89. The molecule has 1 aliphatic rings. The molecule has 146 valence electrons. The topological polar surface area (TPSA) is 80.0 Å². The molecule has 1 fully saturated rings. The van der Waals surface area contributed by atoms with Gasteiger partial charge in [-0.25, -0.2) is 4.98 Å². The molecule has 0 saturated heterocycles. The van der Waals surface area contributed by atoms with E-state index in [-0.39, 0.29) is 17.7 Å². The summed E-state index contributed by atoms with van der Waals surface area (Å²) in [6.07, 6.45) is 6.32. The molecule has 6 nitrogen and oxygen atoms in total. The van der Waals surface area contributed by atoms with E-state index in [1.807, 2.05) is 18.2 Å². The van der Waals surface area contributed by atoms with Crippen molar-refractivity contribution in [3.63, 3.8) is 0 Å². The fourth-order valence-electron chi connectivity index (χ4n) is 4.13. The van der Waals surface area contributed by atoms with Crippen LogP contribution in [0.1, 0.15) is 42.4 Å². The van der Waals surface area contributed by atoms with Crippen LogP contribution >= 0.6 is 0 Å². The number of aliphatic hydroxyl groups is 1. The fourth-order valence-corrected chi connectivity index (χ4v) is 4.13. The Morgan fingerprint density at radius 3 is 2.68 bits per heavy atom. The van der Waals surface area contributed by atoms with Gasteiger partial charge in [-0.2, -0.15) is 4.98 Å². The van der Waals surface area contributed by atoms with Gasteiger partial charge >= 0.3 is 0 Å². The molecular weight excluding hydrogens is 352 g/mol. The van der Waals surface area contributed by atoms with Gasteiger partial charge in [-0.3, -0.25) is 9.36 Å². The lowest BCUT2D eigenvalue weighted by atomic mass is 9.99. The van der Waals surface area contributed by atoms with Crippen molar-refractivity contribution in [3.8, 4) is 0 Å². The van der Waals surface area contributed by atoms with Crippen LogP contribution in [0.15, 0.2) is 41.3 Å². The summed E-state index contributed by atoms with van der Waals surface area (Å²) in [5.74, 6) is 0.463. The number of anilines is 1. The second-order valence-electron chi connectivity index (χ2n) is 7.88. The van der Waals surface area contributed by atoms with Gasteiger partial charge < -0.3 is 10.4 Å². The zero-order valence-electron chi connectivity index (χ0n) is 16.4. The Labute approximate surface area is 164 Å². The molecular formula is C22H26N4O2. The molecule has 2 heterocycles. The molecule has 2 aromatic heterocycles. The molecule has 0 unspecified atom stereocenters. The van der Waals surface area contributed by atoms with Crippen LogP contribution in [0.4, 0.5) is 5.95 Å². The normalized spacial score (nSPS) is 15.8. The number of nitrogens with zero attached hydrogens (tertiary/aromatic N) is 3. The third kappa shape index (κ3) is 3.40. The van der Waals surface area contributed by atoms with Gasteiger partial charge in [-0.15, -0.1) is 0 Å². The van der Waals surface area contributed by atoms with E-state index >= 15 is 0 Å². The molecule has 28 heavy (non-hydrogen) atoms. The number of benzene rings is 1. The lowest BCUT2D eigenvalue weighted by Gasteiger charge is -2.28. The number of hydrogen-bond donors (Lipinski definition) is 2. The highest BCUT2D eigenvalue weighted by molar-refractivity contribution is 5.76. The van der Waals surface area contributed by atoms with Crippen molar-refractivity contribution in [2.75, 3.05) is 11.9 Å². The van der Waals surface area contributed by atoms with Crippen molar-refractivity contribution in [1.82, 2.24) is 14.5 Å². The molecule has 1 aliphatic carbocycles. The van der Waals surface area contributed by atoms with Crippen LogP contribution in [0.3, 0.4) is 0 Å². The molecule has 0 amide bonds. The van der Waals surface area contributed by atoms with Crippen molar-refractivity contribution in [2.45, 2.75) is 44.6 Å². The molecule has 4 rings (SSSR count). The predicted octanol–water partition coefficient (Wildman–Crippen LogP) is 2.94. The summed E-state index contributed by atoms with van der Waals surface area (Å²) in [6.45, 7) is 2.12. The van der Waals surface area contributed by atoms with Gasteiger partial charge in [0.1, 0.15) is 5.65 Å². The number of rotatable bonds is 5. The number of aliphatic hydroxyl groups excluding tert-OH is 1. The first-order valence-electron chi connectivity index (χ1n) is 9.80. The highest BCUT2D eigenvalue weighted by Crippen LogP contribution is 2.32. The number of nitrogens with one attached hydrogen (secondary N) is 1. The number of fused-ring (bicyclic) bond motifs is 1. The van der Waals surface area contributed by atoms with Crippen molar-refractivity contribution >= 4 is 17.0 Å². The van der Waals surface area contributed by atoms with Gasteiger partial charge in [0.05, 0.1) is 12.1 Å². The average molecular weight is 378 g/mol. The van der Waals surface area contributed by atoms with Gasteiger partial charge in [-0.1, -0.05) is 37.1 Å². The molecule has 1 saturated carbocycles. The maximum absolute atomic E-state index is 12.9. The average Bonchev–Trinajstić information content (AvgIpc) is 3.17. The smallest absolute Gasteiger partial charge is 0.255 e. The molecule has 1 aromatic carbocycles. The van der Waals surface area contributed by atoms with E-state index in [4.69, 9.17) is 0 Å². The molecule has 2 N–H and O–H groups in total. The largest absolute Gasteiger partial charge is 0.394 e. The van der Waals surface area contributed by atoms with Crippen LogP contribution in [-0.2, 0) is 13.5 Å². The van der Waals surface area contributed by atoms with Crippen molar-refractivity contribution in [1.29, 1.82) is 0 Å². The Morgan fingerprint density at radius 2 is 1.96 bits per heavy atom. The maximum atomic E-state index is 12.9. The van der Waals surface area contributed by atoms with Crippen molar-refractivity contribution in [2.24, 2.45) is 7.05 Å². The number of aromatic nitrogens is 3. The van der Waals surface area contributed by atoms with Gasteiger partial charge in [0.25, 0.3) is 5.56 Å². The van der Waals surface area contributed by atoms with Crippen LogP contribution < -0.4 is 10.9 Å². The summed E-state index contributed by atoms with van der Waals surface area (Å²) in [7, 11) is 1.75. The second kappa shape index (κ2) is 7.36. The molecule has 0 radical (unpaired) electrons. The van der Waals surface area contributed by atoms with Gasteiger partial charge in [0.2, 0.25) is 5.95 Å². The summed E-state index contributed by atoms with van der Waals surface area (Å²) >= 11 is 0. The quantitative estimate of drug-likeness (QED) is 0.714. The highest BCUT2D eigenvalue weighted by atomic mass is 16.3. The van der Waals surface area contributed by atoms with E-state index in [1.165, 1.54) is 5.56 Å². The SMILES string of the molecule is Cc1ccccc1Cc1cc2cnc(NC3(CO)CCCC3)nc2n(C)c1=O. The monoisotopic (exact) mass is 378 g/mol. The van der Waals surface area contributed by atoms with Gasteiger partial charge in [0.15, 0.2) is 0 Å². The Balaban J connectivity index is 1.70. The fraction of sp³-hybridized carbons (Fsp3) is 0.409. The van der Waals surface area contributed by atoms with E-state index in [2.05, 4.69) is 34.3 Å². The first-order chi connectivity index (χ1) is 13.5. The molecule has 3 aromatic rings. The maximum Gasteiger partial charge on any atom is 0.255 e. The van der Waals surface area contributed by atoms with E-state index in [0.29, 0.717) is 18.0 Å². The highest BCUT2D eigenvalue weighted by Gasteiger charge is 2.33. The van der Waals surface area contributed by atoms with E-state index < -0.39 is 0 Å². The lowest BCUT2D eigenvalue weighted by Crippen LogP contribution is -2.39. The van der Waals surface area contributed by atoms with Crippen LogP contribution in [0, 0.1) is 6.92 Å². The first kappa shape index (κ1) is 18.6. The zero-order chi connectivity index (χ0) is 19.7. The molecule has 0 atom stereocenters. The zero-order valence-corrected chi connectivity index (χ0v) is 16.4. The molecule has 6 heteroatoms. The Bertz CT molecular complexity index is 1070. The predicted molar refractivity (Wildman–Crippen MR) is 111 cm³/mol. The minimum atomic E-state index is -0.350. The number of aryl methyl sites for hydroxylation is 2. The number of pyridine rings is 1. The summed E-state index contributed by atoms with van der Waals surface area (Å²) in [5, 5.41) is 14.0. The van der Waals surface area contributed by atoms with E-state index in [1.54, 1.807) is 17.8 Å². The summed E-state index contributed by atoms with van der Waals surface area (Å²) in [6, 6.07) is 10.0. The lowest BCUT2D eigenvalue weighted by molar-refractivity contribution is 0.213. The van der Waals surface area contributed by atoms with Crippen molar-refractivity contribution in [3.05, 3.63) is 63.6 Å². The standard InChI is InChI=1S/C22H26N4O2/c1-15-7-3-4-8-16(15)11-17-12-18-13-23-21(24-19(18)26(2)20(17)28)25-22(14-27)9-5-6-10-22/h3-4,7-8,12-13,27H,5-6,9-11,14H2,1-2H3,(H,23,24,25). The van der Waals surface area contributed by atoms with Crippen molar-refractivity contribution < 1.29 is 5.11 Å². The van der Waals surface area contributed by atoms with Crippen LogP contribution in [0.5, 0.6) is 0 Å². The second-order valence-corrected chi connectivity index (χ2v) is 7.88. The van der Waals surface area contributed by atoms with E-state index in [9.17, 15) is 9.90 Å². The first-order valence-corrected chi connectivity index (χ1v) is 9.80. The summed E-state index contributed by atoms with van der Waals surface area (Å²) in [5.41, 5.74) is 3.25. The molecule has 0 bridgehead atoms. The minimum Gasteiger partial charge on any atom is -0.394 e. The molecule has 0 aliphatic heterocycles. The van der Waals surface area contributed by atoms with Gasteiger partial charge in [0, 0.05) is 30.6 Å².